The quantitative estimate of drug-likeness (QED) is 0.503. The molecule has 1 heteroatoms. The topological polar surface area (TPSA) is 20.2 Å². The third-order valence-electron chi connectivity index (χ3n) is 2.64. The summed E-state index contributed by atoms with van der Waals surface area (Å²) < 4.78 is 0. The second-order valence-corrected chi connectivity index (χ2v) is 5.40. The van der Waals surface area contributed by atoms with Crippen LogP contribution in [0.2, 0.25) is 0 Å². The van der Waals surface area contributed by atoms with Gasteiger partial charge in [-0.1, -0.05) is 11.8 Å². The standard InChI is InChI=1S/C41H8O/c1-2-3-4-5-6-7-8-9-10-11-12-13-14-15-16-17-18-19-20-21-22-23-24-25-26-27-28-29-30-31-32-33-34-35-36-37-38-39-40-41-42/h42H,40-41H2,1H3. The maximum absolute atomic E-state index is 8.54. The Morgan fingerprint density at radius 3 is 0.595 bits per heavy atom. The fourth-order valence-electron chi connectivity index (χ4n) is 1.29. The van der Waals surface area contributed by atoms with E-state index in [1.807, 2.05) is 0 Å². The maximum Gasteiger partial charge on any atom is 0.0540 e. The van der Waals surface area contributed by atoms with E-state index in [4.69, 9.17) is 5.11 Å². The fraction of sp³-hybridized carbons (Fsp3) is 0.0732. The Bertz CT molecular complexity index is 2310. The molecule has 1 nitrogen and oxygen atoms in total. The molecule has 0 amide bonds. The number of aliphatic hydroxyl groups excluding tert-OH is 1. The molecule has 178 valence electrons. The summed E-state index contributed by atoms with van der Waals surface area (Å²) in [5, 5.41) is 8.54. The van der Waals surface area contributed by atoms with E-state index < -0.39 is 0 Å². The molecule has 0 aromatic heterocycles. The van der Waals surface area contributed by atoms with Crippen LogP contribution in [0.25, 0.3) is 0 Å². The van der Waals surface area contributed by atoms with Crippen LogP contribution in [0, 0.1) is 225 Å². The predicted octanol–water partition coefficient (Wildman–Crippen LogP) is 0.453. The van der Waals surface area contributed by atoms with E-state index in [-0.39, 0.29) is 6.61 Å². The van der Waals surface area contributed by atoms with Gasteiger partial charge in [-0.15, -0.1) is 0 Å². The largest absolute Gasteiger partial charge is 0.395 e. The minimum absolute atomic E-state index is 0.00446. The third kappa shape index (κ3) is 31.6. The Morgan fingerprint density at radius 2 is 0.429 bits per heavy atom. The van der Waals surface area contributed by atoms with Crippen LogP contribution in [-0.4, -0.2) is 11.7 Å². The van der Waals surface area contributed by atoms with Gasteiger partial charge in [-0.3, -0.25) is 0 Å². The highest BCUT2D eigenvalue weighted by Gasteiger charge is 1.67. The van der Waals surface area contributed by atoms with Crippen LogP contribution in [0.1, 0.15) is 13.3 Å². The van der Waals surface area contributed by atoms with Crippen LogP contribution >= 0.6 is 0 Å². The molecule has 0 rings (SSSR count). The van der Waals surface area contributed by atoms with E-state index in [1.165, 1.54) is 0 Å². The highest BCUT2D eigenvalue weighted by atomic mass is 16.2. The summed E-state index contributed by atoms with van der Waals surface area (Å²) in [7, 11) is 0. The van der Waals surface area contributed by atoms with E-state index in [2.05, 4.69) is 225 Å². The van der Waals surface area contributed by atoms with Crippen molar-refractivity contribution in [3.63, 3.8) is 0 Å². The molecule has 0 saturated carbocycles. The average molecular weight is 517 g/mol. The monoisotopic (exact) mass is 516 g/mol. The minimum atomic E-state index is 0.00446. The highest BCUT2D eigenvalue weighted by molar-refractivity contribution is 5.49. The third-order valence-corrected chi connectivity index (χ3v) is 2.64. The van der Waals surface area contributed by atoms with Crippen molar-refractivity contribution < 1.29 is 5.11 Å². The summed E-state index contributed by atoms with van der Waals surface area (Å²) in [6.45, 7) is 1.69. The summed E-state index contributed by atoms with van der Waals surface area (Å²) in [6.07, 6.45) is 0.380. The van der Waals surface area contributed by atoms with Gasteiger partial charge in [0.05, 0.1) is 6.61 Å². The molecule has 0 aromatic carbocycles. The van der Waals surface area contributed by atoms with Gasteiger partial charge in [0.1, 0.15) is 0 Å². The van der Waals surface area contributed by atoms with Crippen molar-refractivity contribution in [2.24, 2.45) is 0 Å². The van der Waals surface area contributed by atoms with Crippen molar-refractivity contribution in [2.45, 2.75) is 13.3 Å². The lowest BCUT2D eigenvalue weighted by Crippen LogP contribution is -1.74. The van der Waals surface area contributed by atoms with Crippen molar-refractivity contribution >= 4 is 0 Å². The molecule has 0 aliphatic rings. The number of rotatable bonds is 1. The Morgan fingerprint density at radius 1 is 0.262 bits per heavy atom. The molecule has 0 aromatic rings. The van der Waals surface area contributed by atoms with Crippen molar-refractivity contribution in [1.29, 1.82) is 0 Å². The molecule has 0 heterocycles. The summed E-state index contributed by atoms with van der Waals surface area (Å²) in [6, 6.07) is 0. The van der Waals surface area contributed by atoms with E-state index in [0.29, 0.717) is 6.42 Å². The zero-order chi connectivity index (χ0) is 30.3. The minimum Gasteiger partial charge on any atom is -0.395 e. The van der Waals surface area contributed by atoms with Crippen LogP contribution in [0.4, 0.5) is 0 Å². The van der Waals surface area contributed by atoms with Crippen molar-refractivity contribution in [3.8, 4) is 225 Å². The van der Waals surface area contributed by atoms with E-state index in [9.17, 15) is 0 Å². The summed E-state index contributed by atoms with van der Waals surface area (Å²) in [4.78, 5) is 0. The number of hydrogen-bond acceptors (Lipinski definition) is 1. The van der Waals surface area contributed by atoms with Crippen LogP contribution in [0.5, 0.6) is 0 Å². The van der Waals surface area contributed by atoms with Crippen molar-refractivity contribution in [1.82, 2.24) is 0 Å². The zero-order valence-electron chi connectivity index (χ0n) is 21.9. The Balaban J connectivity index is 4.51. The van der Waals surface area contributed by atoms with Crippen LogP contribution in [0.3, 0.4) is 0 Å². The van der Waals surface area contributed by atoms with Crippen LogP contribution in [0.15, 0.2) is 0 Å². The Hall–Kier alpha value is -8.40. The lowest BCUT2D eigenvalue weighted by Gasteiger charge is -1.72. The van der Waals surface area contributed by atoms with Crippen molar-refractivity contribution in [2.75, 3.05) is 6.61 Å². The van der Waals surface area contributed by atoms with Crippen LogP contribution in [-0.2, 0) is 0 Å². The molecular formula is C41H8O. The normalized spacial score (nSPS) is 4.33. The first-order valence-corrected chi connectivity index (χ1v) is 10.9. The van der Waals surface area contributed by atoms with Gasteiger partial charge >= 0.3 is 0 Å². The Labute approximate surface area is 249 Å². The van der Waals surface area contributed by atoms with Gasteiger partial charge < -0.3 is 5.11 Å². The molecule has 0 fully saturated rings. The molecule has 0 radical (unpaired) electrons. The molecule has 0 aliphatic carbocycles. The SMILES string of the molecule is CC#CC#CC#CC#CC#CC#CC#CC#CC#CC#CC#CC#CC#CC#CC#CC#CC#CC#CC#CCCO. The first-order valence-electron chi connectivity index (χ1n) is 10.9. The van der Waals surface area contributed by atoms with Gasteiger partial charge in [-0.25, -0.2) is 0 Å². The highest BCUT2D eigenvalue weighted by Crippen LogP contribution is 1.67. The molecule has 0 unspecified atom stereocenters. The van der Waals surface area contributed by atoms with Gasteiger partial charge in [-0.05, 0) is 102 Å². The predicted molar refractivity (Wildman–Crippen MR) is 165 cm³/mol. The lowest BCUT2D eigenvalue weighted by atomic mass is 10.4. The molecule has 42 heavy (non-hydrogen) atoms. The summed E-state index contributed by atoms with van der Waals surface area (Å²) >= 11 is 0. The second kappa shape index (κ2) is 32.6. The average Bonchev–Trinajstić information content (AvgIpc) is 3.00. The van der Waals surface area contributed by atoms with E-state index >= 15 is 0 Å². The van der Waals surface area contributed by atoms with E-state index in [0.717, 1.165) is 0 Å². The van der Waals surface area contributed by atoms with Crippen molar-refractivity contribution in [3.05, 3.63) is 0 Å². The first kappa shape index (κ1) is 33.6. The molecule has 0 aliphatic heterocycles. The molecule has 0 spiro atoms. The number of aliphatic hydroxyl groups is 1. The van der Waals surface area contributed by atoms with Gasteiger partial charge in [0, 0.05) is 125 Å². The smallest absolute Gasteiger partial charge is 0.0540 e. The summed E-state index contributed by atoms with van der Waals surface area (Å²) in [5.74, 6) is 95.4. The Kier molecular flexibility index (Phi) is 26.1. The molecule has 1 N–H and O–H groups in total. The van der Waals surface area contributed by atoms with Crippen LogP contribution < -0.4 is 0 Å². The van der Waals surface area contributed by atoms with Gasteiger partial charge in [-0.2, -0.15) is 0 Å². The maximum atomic E-state index is 8.54. The van der Waals surface area contributed by atoms with E-state index in [1.54, 1.807) is 6.92 Å². The lowest BCUT2D eigenvalue weighted by molar-refractivity contribution is 0.305. The fourth-order valence-corrected chi connectivity index (χ4v) is 1.29. The van der Waals surface area contributed by atoms with Gasteiger partial charge in [0.25, 0.3) is 0 Å². The molecule has 0 saturated heterocycles. The first-order chi connectivity index (χ1) is 20.9. The van der Waals surface area contributed by atoms with Gasteiger partial charge in [0.15, 0.2) is 0 Å². The molecular weight excluding hydrogens is 508 g/mol. The molecule has 0 atom stereocenters. The second-order valence-electron chi connectivity index (χ2n) is 5.40. The van der Waals surface area contributed by atoms with Gasteiger partial charge in [0.2, 0.25) is 0 Å². The number of hydrogen-bond donors (Lipinski definition) is 1. The summed E-state index contributed by atoms with van der Waals surface area (Å²) in [5.41, 5.74) is 0. The zero-order valence-corrected chi connectivity index (χ0v) is 21.9. The molecule has 0 bridgehead atoms.